The van der Waals surface area contributed by atoms with Gasteiger partial charge in [0, 0.05) is 10.7 Å². The van der Waals surface area contributed by atoms with Gasteiger partial charge in [0.2, 0.25) is 0 Å². The second-order valence-corrected chi connectivity index (χ2v) is 4.97. The Bertz CT molecular complexity index is 525. The third-order valence-corrected chi connectivity index (χ3v) is 3.39. The van der Waals surface area contributed by atoms with Gasteiger partial charge in [0.25, 0.3) is 5.91 Å². The summed E-state index contributed by atoms with van der Waals surface area (Å²) in [6, 6.07) is 5.30. The first kappa shape index (κ1) is 12.1. The van der Waals surface area contributed by atoms with Crippen LogP contribution in [0.5, 0.6) is 5.75 Å². The number of carbonyl (C=O) groups excluding carboxylic acids is 1. The lowest BCUT2D eigenvalue weighted by Crippen LogP contribution is -2.12. The third kappa shape index (κ3) is 2.83. The zero-order chi connectivity index (χ0) is 12.3. The average molecular weight is 313 g/mol. The zero-order valence-corrected chi connectivity index (χ0v) is 11.3. The molecule has 0 aliphatic carbocycles. The lowest BCUT2D eigenvalue weighted by molar-refractivity contribution is 0.102. The van der Waals surface area contributed by atoms with Gasteiger partial charge in [0.1, 0.15) is 16.4 Å². The highest BCUT2D eigenvalue weighted by Gasteiger charge is 2.14. The number of aromatic nitrogens is 1. The Morgan fingerprint density at radius 2 is 2.29 bits per heavy atom. The van der Waals surface area contributed by atoms with E-state index < -0.39 is 0 Å². The van der Waals surface area contributed by atoms with Crippen LogP contribution in [0, 0.1) is 0 Å². The molecular weight excluding hydrogens is 304 g/mol. The van der Waals surface area contributed by atoms with Crippen LogP contribution in [0.15, 0.2) is 34.2 Å². The van der Waals surface area contributed by atoms with Gasteiger partial charge in [-0.1, -0.05) is 0 Å². The van der Waals surface area contributed by atoms with Crippen molar-refractivity contribution in [3.8, 4) is 5.75 Å². The fourth-order valence-corrected chi connectivity index (χ4v) is 2.23. The van der Waals surface area contributed by atoms with Gasteiger partial charge in [-0.15, -0.1) is 11.3 Å². The minimum absolute atomic E-state index is 0.216. The fraction of sp³-hybridized carbons (Fsp3) is 0.0909. The van der Waals surface area contributed by atoms with Crippen molar-refractivity contribution < 1.29 is 9.53 Å². The highest BCUT2D eigenvalue weighted by atomic mass is 79.9. The minimum Gasteiger partial charge on any atom is -0.495 e. The average Bonchev–Trinajstić information content (AvgIpc) is 2.80. The van der Waals surface area contributed by atoms with Crippen LogP contribution in [0.3, 0.4) is 0 Å². The first-order valence-electron chi connectivity index (χ1n) is 4.75. The van der Waals surface area contributed by atoms with Crippen LogP contribution in [0.25, 0.3) is 0 Å². The monoisotopic (exact) mass is 312 g/mol. The number of amides is 1. The second-order valence-electron chi connectivity index (χ2n) is 3.13. The van der Waals surface area contributed by atoms with Crippen molar-refractivity contribution in [3.63, 3.8) is 0 Å². The summed E-state index contributed by atoms with van der Waals surface area (Å²) in [6.45, 7) is 0. The molecule has 0 saturated carbocycles. The number of hydrogen-bond acceptors (Lipinski definition) is 4. The molecule has 0 saturated heterocycles. The Hall–Kier alpha value is -1.40. The van der Waals surface area contributed by atoms with Gasteiger partial charge in [-0.2, -0.15) is 0 Å². The van der Waals surface area contributed by atoms with Crippen LogP contribution in [0.2, 0.25) is 0 Å². The van der Waals surface area contributed by atoms with Crippen molar-refractivity contribution >= 4 is 39.0 Å². The van der Waals surface area contributed by atoms with E-state index in [0.29, 0.717) is 16.4 Å². The molecule has 6 heteroatoms. The summed E-state index contributed by atoms with van der Waals surface area (Å²) in [6.07, 6.45) is 1.63. The van der Waals surface area contributed by atoms with Crippen molar-refractivity contribution in [2.45, 2.75) is 0 Å². The Morgan fingerprint density at radius 3 is 2.94 bits per heavy atom. The highest BCUT2D eigenvalue weighted by Crippen LogP contribution is 2.25. The molecule has 88 valence electrons. The summed E-state index contributed by atoms with van der Waals surface area (Å²) in [7, 11) is 1.54. The van der Waals surface area contributed by atoms with Crippen molar-refractivity contribution in [1.82, 2.24) is 4.98 Å². The topological polar surface area (TPSA) is 51.2 Å². The number of anilines is 1. The fourth-order valence-electron chi connectivity index (χ4n) is 1.25. The van der Waals surface area contributed by atoms with E-state index in [1.54, 1.807) is 18.3 Å². The number of hydrogen-bond donors (Lipinski definition) is 1. The van der Waals surface area contributed by atoms with Gasteiger partial charge >= 0.3 is 0 Å². The lowest BCUT2D eigenvalue weighted by atomic mass is 10.4. The molecule has 2 aromatic heterocycles. The smallest absolute Gasteiger partial charge is 0.270 e. The summed E-state index contributed by atoms with van der Waals surface area (Å²) in [5.74, 6) is 0.866. The number of ether oxygens (including phenoxy) is 1. The van der Waals surface area contributed by atoms with Gasteiger partial charge < -0.3 is 10.1 Å². The number of nitrogens with zero attached hydrogens (tertiary/aromatic N) is 1. The van der Waals surface area contributed by atoms with E-state index in [2.05, 4.69) is 26.2 Å². The normalized spacial score (nSPS) is 10.0. The maximum Gasteiger partial charge on any atom is 0.270 e. The minimum atomic E-state index is -0.216. The number of nitrogens with one attached hydrogen (secondary N) is 1. The van der Waals surface area contributed by atoms with E-state index in [-0.39, 0.29) is 5.91 Å². The summed E-state index contributed by atoms with van der Waals surface area (Å²) >= 11 is 4.61. The molecule has 1 amide bonds. The van der Waals surface area contributed by atoms with Gasteiger partial charge in [0.05, 0.1) is 7.11 Å². The molecule has 0 aromatic carbocycles. The van der Waals surface area contributed by atoms with Crippen LogP contribution in [0.1, 0.15) is 9.67 Å². The van der Waals surface area contributed by atoms with E-state index in [1.165, 1.54) is 18.4 Å². The molecule has 2 heterocycles. The van der Waals surface area contributed by atoms with E-state index in [9.17, 15) is 4.79 Å². The largest absolute Gasteiger partial charge is 0.495 e. The summed E-state index contributed by atoms with van der Waals surface area (Å²) in [5, 5.41) is 4.51. The first-order chi connectivity index (χ1) is 8.20. The molecule has 0 radical (unpaired) electrons. The second kappa shape index (κ2) is 5.29. The predicted octanol–water partition coefficient (Wildman–Crippen LogP) is 3.17. The molecule has 17 heavy (non-hydrogen) atoms. The summed E-state index contributed by atoms with van der Waals surface area (Å²) in [4.78, 5) is 16.5. The first-order valence-corrected chi connectivity index (χ1v) is 6.42. The standard InChI is InChI=1S/C11H9BrN2O2S/c1-16-8-4-5-17-10(8)11(15)14-9-3-2-7(12)6-13-9/h2-6H,1H3,(H,13,14,15). The molecular formula is C11H9BrN2O2S. The Labute approximate surface area is 111 Å². The SMILES string of the molecule is COc1ccsc1C(=O)Nc1ccc(Br)cn1. The van der Waals surface area contributed by atoms with Crippen molar-refractivity contribution in [1.29, 1.82) is 0 Å². The molecule has 4 nitrogen and oxygen atoms in total. The quantitative estimate of drug-likeness (QED) is 0.947. The van der Waals surface area contributed by atoms with Gasteiger partial charge in [-0.3, -0.25) is 4.79 Å². The molecule has 0 unspecified atom stereocenters. The van der Waals surface area contributed by atoms with E-state index in [0.717, 1.165) is 4.47 Å². The number of carbonyl (C=O) groups is 1. The Kier molecular flexibility index (Phi) is 3.75. The maximum absolute atomic E-state index is 11.9. The molecule has 1 N–H and O–H groups in total. The number of thiophene rings is 1. The number of methoxy groups -OCH3 is 1. The molecule has 0 aliphatic rings. The van der Waals surface area contributed by atoms with Crippen molar-refractivity contribution in [2.24, 2.45) is 0 Å². The maximum atomic E-state index is 11.9. The van der Waals surface area contributed by atoms with Crippen LogP contribution in [-0.4, -0.2) is 18.0 Å². The van der Waals surface area contributed by atoms with E-state index in [1.807, 2.05) is 11.4 Å². The molecule has 0 spiro atoms. The van der Waals surface area contributed by atoms with E-state index in [4.69, 9.17) is 4.74 Å². The molecule has 0 atom stereocenters. The van der Waals surface area contributed by atoms with Gasteiger partial charge in [-0.05, 0) is 39.5 Å². The highest BCUT2D eigenvalue weighted by molar-refractivity contribution is 9.10. The molecule has 2 rings (SSSR count). The van der Waals surface area contributed by atoms with Crippen molar-refractivity contribution in [3.05, 3.63) is 39.1 Å². The van der Waals surface area contributed by atoms with Crippen LogP contribution in [-0.2, 0) is 0 Å². The zero-order valence-electron chi connectivity index (χ0n) is 8.94. The Morgan fingerprint density at radius 1 is 1.47 bits per heavy atom. The van der Waals surface area contributed by atoms with Crippen LogP contribution >= 0.6 is 27.3 Å². The predicted molar refractivity (Wildman–Crippen MR) is 70.8 cm³/mol. The number of pyridine rings is 1. The van der Waals surface area contributed by atoms with Crippen LogP contribution in [0.4, 0.5) is 5.82 Å². The molecule has 0 bridgehead atoms. The molecule has 0 fully saturated rings. The van der Waals surface area contributed by atoms with Crippen LogP contribution < -0.4 is 10.1 Å². The van der Waals surface area contributed by atoms with Gasteiger partial charge in [-0.25, -0.2) is 4.98 Å². The third-order valence-electron chi connectivity index (χ3n) is 2.02. The number of halogens is 1. The molecule has 2 aromatic rings. The number of rotatable bonds is 3. The summed E-state index contributed by atoms with van der Waals surface area (Å²) in [5.41, 5.74) is 0. The Balaban J connectivity index is 2.14. The van der Waals surface area contributed by atoms with E-state index >= 15 is 0 Å². The molecule has 0 aliphatic heterocycles. The summed E-state index contributed by atoms with van der Waals surface area (Å²) < 4.78 is 5.95. The van der Waals surface area contributed by atoms with Gasteiger partial charge in [0.15, 0.2) is 0 Å². The lowest BCUT2D eigenvalue weighted by Gasteiger charge is -2.04. The van der Waals surface area contributed by atoms with Crippen molar-refractivity contribution in [2.75, 3.05) is 12.4 Å².